The first kappa shape index (κ1) is 25.7. The van der Waals surface area contributed by atoms with Gasteiger partial charge in [-0.1, -0.05) is 46.0 Å². The van der Waals surface area contributed by atoms with Crippen molar-refractivity contribution in [1.29, 1.82) is 0 Å². The number of aromatic nitrogens is 2. The summed E-state index contributed by atoms with van der Waals surface area (Å²) in [5.41, 5.74) is 1.54. The maximum absolute atomic E-state index is 13.0. The number of hydrogen-bond donors (Lipinski definition) is 1. The third kappa shape index (κ3) is 7.03. The van der Waals surface area contributed by atoms with Crippen LogP contribution in [0.1, 0.15) is 77.5 Å². The highest BCUT2D eigenvalue weighted by molar-refractivity contribution is 7.89. The van der Waals surface area contributed by atoms with Gasteiger partial charge in [0.25, 0.3) is 0 Å². The lowest BCUT2D eigenvalue weighted by atomic mass is 10.0. The molecule has 1 aliphatic heterocycles. The average Bonchev–Trinajstić information content (AvgIpc) is 3.12. The van der Waals surface area contributed by atoms with Crippen LogP contribution in [0, 0.1) is 5.92 Å². The Balaban J connectivity index is 1.52. The molecule has 1 saturated heterocycles. The molecule has 3 rings (SSSR count). The number of aryl methyl sites for hydroxylation is 2. The lowest BCUT2D eigenvalue weighted by Crippen LogP contribution is -2.35. The first-order valence-corrected chi connectivity index (χ1v) is 13.9. The first-order chi connectivity index (χ1) is 15.8. The number of fused-ring (bicyclic) bond motifs is 1. The molecule has 0 atom stereocenters. The molecular weight excluding hydrogens is 436 g/mol. The quantitative estimate of drug-likeness (QED) is 0.460. The summed E-state index contributed by atoms with van der Waals surface area (Å²) in [7, 11) is -1.57. The highest BCUT2D eigenvalue weighted by atomic mass is 32.2. The summed E-state index contributed by atoms with van der Waals surface area (Å²) in [6.07, 6.45) is 9.75. The van der Waals surface area contributed by atoms with E-state index < -0.39 is 10.0 Å². The minimum Gasteiger partial charge on any atom is -0.356 e. The van der Waals surface area contributed by atoms with Crippen molar-refractivity contribution in [2.24, 2.45) is 13.0 Å². The van der Waals surface area contributed by atoms with Gasteiger partial charge in [-0.15, -0.1) is 0 Å². The third-order valence-corrected chi connectivity index (χ3v) is 8.40. The largest absolute Gasteiger partial charge is 0.356 e. The number of piperidine rings is 1. The van der Waals surface area contributed by atoms with E-state index >= 15 is 0 Å². The van der Waals surface area contributed by atoms with Gasteiger partial charge in [0, 0.05) is 39.5 Å². The second-order valence-corrected chi connectivity index (χ2v) is 11.6. The smallest absolute Gasteiger partial charge is 0.243 e. The zero-order chi connectivity index (χ0) is 23.8. The van der Waals surface area contributed by atoms with Crippen LogP contribution in [0.5, 0.6) is 0 Å². The molecule has 0 unspecified atom stereocenters. The number of sulfonamides is 1. The van der Waals surface area contributed by atoms with E-state index in [0.29, 0.717) is 36.3 Å². The Morgan fingerprint density at radius 3 is 2.55 bits per heavy atom. The summed E-state index contributed by atoms with van der Waals surface area (Å²) < 4.78 is 29.5. The minimum absolute atomic E-state index is 0.0394. The monoisotopic (exact) mass is 476 g/mol. The molecule has 2 aromatic rings. The van der Waals surface area contributed by atoms with Crippen molar-refractivity contribution in [3.05, 3.63) is 24.0 Å². The van der Waals surface area contributed by atoms with E-state index in [1.807, 2.05) is 17.7 Å². The summed E-state index contributed by atoms with van der Waals surface area (Å²) in [4.78, 5) is 17.2. The van der Waals surface area contributed by atoms with Gasteiger partial charge in [-0.2, -0.15) is 4.31 Å². The molecule has 2 heterocycles. The molecule has 0 spiro atoms. The summed E-state index contributed by atoms with van der Waals surface area (Å²) in [6, 6.07) is 5.16. The van der Waals surface area contributed by atoms with E-state index in [-0.39, 0.29) is 5.91 Å². The normalized spacial score (nSPS) is 15.4. The van der Waals surface area contributed by atoms with Gasteiger partial charge in [-0.05, 0) is 43.4 Å². The van der Waals surface area contributed by atoms with Gasteiger partial charge >= 0.3 is 0 Å². The second-order valence-electron chi connectivity index (χ2n) is 9.65. The van der Waals surface area contributed by atoms with Crippen LogP contribution in [0.2, 0.25) is 0 Å². The van der Waals surface area contributed by atoms with E-state index in [1.54, 1.807) is 16.4 Å². The van der Waals surface area contributed by atoms with Gasteiger partial charge in [0.1, 0.15) is 5.82 Å². The van der Waals surface area contributed by atoms with Crippen molar-refractivity contribution >= 4 is 27.0 Å². The number of hydrogen-bond acceptors (Lipinski definition) is 4. The van der Waals surface area contributed by atoms with Gasteiger partial charge in [0.05, 0.1) is 15.9 Å². The Morgan fingerprint density at radius 2 is 1.82 bits per heavy atom. The SMILES string of the molecule is CC(C)CCCCCCNC(=O)CCc1nc2cc(S(=O)(=O)N3CCCCC3)ccc2n1C. The molecule has 0 radical (unpaired) electrons. The molecule has 1 amide bonds. The van der Waals surface area contributed by atoms with Crippen LogP contribution in [0.3, 0.4) is 0 Å². The van der Waals surface area contributed by atoms with Crippen LogP contribution in [0.25, 0.3) is 11.0 Å². The summed E-state index contributed by atoms with van der Waals surface area (Å²) in [5.74, 6) is 1.59. The highest BCUT2D eigenvalue weighted by Crippen LogP contribution is 2.25. The molecule has 1 N–H and O–H groups in total. The molecule has 1 fully saturated rings. The lowest BCUT2D eigenvalue weighted by molar-refractivity contribution is -0.121. The lowest BCUT2D eigenvalue weighted by Gasteiger charge is -2.25. The van der Waals surface area contributed by atoms with Crippen LogP contribution in [-0.4, -0.2) is 47.8 Å². The zero-order valence-corrected chi connectivity index (χ0v) is 21.3. The fraction of sp³-hybridized carbons (Fsp3) is 0.680. The van der Waals surface area contributed by atoms with Crippen LogP contribution < -0.4 is 5.32 Å². The molecule has 0 bridgehead atoms. The average molecular weight is 477 g/mol. The van der Waals surface area contributed by atoms with Crippen molar-refractivity contribution < 1.29 is 13.2 Å². The van der Waals surface area contributed by atoms with Gasteiger partial charge in [-0.25, -0.2) is 13.4 Å². The van der Waals surface area contributed by atoms with E-state index in [4.69, 9.17) is 0 Å². The molecule has 1 aliphatic rings. The molecule has 7 nitrogen and oxygen atoms in total. The first-order valence-electron chi connectivity index (χ1n) is 12.5. The molecule has 184 valence electrons. The van der Waals surface area contributed by atoms with E-state index in [1.165, 1.54) is 19.3 Å². The van der Waals surface area contributed by atoms with E-state index in [2.05, 4.69) is 24.1 Å². The van der Waals surface area contributed by atoms with Crippen molar-refractivity contribution in [1.82, 2.24) is 19.2 Å². The van der Waals surface area contributed by atoms with Crippen LogP contribution in [0.15, 0.2) is 23.1 Å². The molecule has 8 heteroatoms. The van der Waals surface area contributed by atoms with Gasteiger partial charge in [0.2, 0.25) is 15.9 Å². The number of nitrogens with one attached hydrogen (secondary N) is 1. The van der Waals surface area contributed by atoms with Crippen molar-refractivity contribution in [2.75, 3.05) is 19.6 Å². The number of amides is 1. The third-order valence-electron chi connectivity index (χ3n) is 6.50. The maximum atomic E-state index is 13.0. The topological polar surface area (TPSA) is 84.3 Å². The Morgan fingerprint density at radius 1 is 1.09 bits per heavy atom. The predicted octanol–water partition coefficient (Wildman–Crippen LogP) is 4.40. The number of rotatable bonds is 12. The molecule has 0 saturated carbocycles. The molecule has 33 heavy (non-hydrogen) atoms. The number of carbonyl (C=O) groups is 1. The zero-order valence-electron chi connectivity index (χ0n) is 20.5. The Kier molecular flexibility index (Phi) is 9.32. The fourth-order valence-electron chi connectivity index (χ4n) is 4.44. The van der Waals surface area contributed by atoms with Crippen molar-refractivity contribution in [2.45, 2.75) is 83.0 Å². The number of nitrogens with zero attached hydrogens (tertiary/aromatic N) is 3. The molecule has 1 aromatic heterocycles. The Labute approximate surface area is 199 Å². The number of benzene rings is 1. The molecule has 1 aromatic carbocycles. The fourth-order valence-corrected chi connectivity index (χ4v) is 5.98. The van der Waals surface area contributed by atoms with Crippen LogP contribution in [-0.2, 0) is 28.3 Å². The van der Waals surface area contributed by atoms with Crippen LogP contribution in [0.4, 0.5) is 0 Å². The molecule has 0 aliphatic carbocycles. The number of imidazole rings is 1. The second kappa shape index (κ2) is 12.0. The standard InChI is InChI=1S/C25H40N4O3S/c1-20(2)11-7-4-5-8-16-26-25(30)15-14-24-27-22-19-21(12-13-23(22)28(24)3)33(31,32)29-17-9-6-10-18-29/h12-13,19-20H,4-11,14-18H2,1-3H3,(H,26,30). The Bertz CT molecular complexity index is 1020. The van der Waals surface area contributed by atoms with Gasteiger partial charge in [0.15, 0.2) is 0 Å². The minimum atomic E-state index is -3.49. The Hall–Kier alpha value is -1.93. The number of unbranched alkanes of at least 4 members (excludes halogenated alkanes) is 3. The van der Waals surface area contributed by atoms with Gasteiger partial charge in [-0.3, -0.25) is 4.79 Å². The van der Waals surface area contributed by atoms with Crippen molar-refractivity contribution in [3.8, 4) is 0 Å². The predicted molar refractivity (Wildman–Crippen MR) is 133 cm³/mol. The number of carbonyl (C=O) groups excluding carboxylic acids is 1. The van der Waals surface area contributed by atoms with E-state index in [0.717, 1.165) is 55.9 Å². The highest BCUT2D eigenvalue weighted by Gasteiger charge is 2.26. The summed E-state index contributed by atoms with van der Waals surface area (Å²) >= 11 is 0. The van der Waals surface area contributed by atoms with E-state index in [9.17, 15) is 13.2 Å². The maximum Gasteiger partial charge on any atom is 0.243 e. The molecular formula is C25H40N4O3S. The van der Waals surface area contributed by atoms with Crippen LogP contribution >= 0.6 is 0 Å². The summed E-state index contributed by atoms with van der Waals surface area (Å²) in [6.45, 7) is 6.39. The summed E-state index contributed by atoms with van der Waals surface area (Å²) in [5, 5.41) is 3.01. The van der Waals surface area contributed by atoms with Gasteiger partial charge < -0.3 is 9.88 Å². The van der Waals surface area contributed by atoms with Crippen molar-refractivity contribution in [3.63, 3.8) is 0 Å².